The summed E-state index contributed by atoms with van der Waals surface area (Å²) in [6, 6.07) is 19.5. The first kappa shape index (κ1) is 57.7. The Morgan fingerprint density at radius 3 is 1.51 bits per heavy atom. The fourth-order valence-corrected chi connectivity index (χ4v) is 6.86. The minimum Gasteiger partial charge on any atom is -0.444 e. The van der Waals surface area contributed by atoms with Crippen molar-refractivity contribution >= 4 is 39.5 Å². The van der Waals surface area contributed by atoms with E-state index in [2.05, 4.69) is 70.1 Å². The Balaban J connectivity index is 0.000000274. The second kappa shape index (κ2) is 23.4. The van der Waals surface area contributed by atoms with Crippen LogP contribution in [0.25, 0.3) is 23.2 Å². The normalized spacial score (nSPS) is 13.6. The number of halogens is 7. The molecule has 6 aromatic rings. The zero-order valence-electron chi connectivity index (χ0n) is 41.4. The van der Waals surface area contributed by atoms with Crippen LogP contribution in [-0.2, 0) is 43.4 Å². The van der Waals surface area contributed by atoms with Gasteiger partial charge in [0.2, 0.25) is 11.2 Å². The van der Waals surface area contributed by atoms with Crippen LogP contribution in [0.5, 0.6) is 0 Å². The fraction of sp³-hybridized carbons (Fsp3) is 0.360. The first-order valence-corrected chi connectivity index (χ1v) is 23.1. The Bertz CT molecular complexity index is 2970. The molecule has 4 heterocycles. The number of H-pyrrole nitrogens is 1. The lowest BCUT2D eigenvalue weighted by molar-refractivity contribution is -0.296. The molecule has 0 aliphatic heterocycles. The molecule has 3 N–H and O–H groups in total. The number of hydrogen-bond acceptors (Lipinski definition) is 14. The molecule has 0 unspecified atom stereocenters. The largest absolute Gasteiger partial charge is 0.444 e. The number of carbonyl (C=O) groups is 2. The van der Waals surface area contributed by atoms with Crippen molar-refractivity contribution in [1.29, 1.82) is 0 Å². The molecule has 396 valence electrons. The monoisotopic (exact) mass is 1100 g/mol. The number of aryl methyl sites for hydroxylation is 2. The van der Waals surface area contributed by atoms with E-state index in [4.69, 9.17) is 27.8 Å². The highest BCUT2D eigenvalue weighted by molar-refractivity contribution is 9.10. The second-order valence-corrected chi connectivity index (χ2v) is 19.1. The third-order valence-electron chi connectivity index (χ3n) is 10.0. The molecule has 0 bridgehead atoms. The average molecular weight is 1100 g/mol. The molecule has 2 atom stereocenters. The van der Waals surface area contributed by atoms with Crippen molar-refractivity contribution in [3.05, 3.63) is 147 Å². The van der Waals surface area contributed by atoms with Gasteiger partial charge in [-0.05, 0) is 100 Å². The number of anilines is 2. The van der Waals surface area contributed by atoms with E-state index in [0.717, 1.165) is 12.2 Å². The van der Waals surface area contributed by atoms with Gasteiger partial charge < -0.3 is 32.8 Å². The number of benzene rings is 2. The number of rotatable bonds is 16. The second-order valence-electron chi connectivity index (χ2n) is 18.3. The van der Waals surface area contributed by atoms with Gasteiger partial charge in [-0.15, -0.1) is 33.6 Å². The smallest absolute Gasteiger partial charge is 0.426 e. The van der Waals surface area contributed by atoms with Gasteiger partial charge in [-0.1, -0.05) is 72.8 Å². The van der Waals surface area contributed by atoms with Crippen LogP contribution in [0.3, 0.4) is 0 Å². The number of amides is 2. The Morgan fingerprint density at radius 1 is 0.662 bits per heavy atom. The van der Waals surface area contributed by atoms with Crippen molar-refractivity contribution in [2.45, 2.75) is 116 Å². The quantitative estimate of drug-likeness (QED) is 0.0467. The molecule has 0 spiro atoms. The molecule has 2 aromatic carbocycles. The third-order valence-corrected chi connectivity index (χ3v) is 10.8. The number of alkyl halides is 6. The molecule has 0 saturated carbocycles. The minimum atomic E-state index is -4.97. The fourth-order valence-electron chi connectivity index (χ4n) is 6.57. The van der Waals surface area contributed by atoms with E-state index in [9.17, 15) is 40.7 Å². The van der Waals surface area contributed by atoms with E-state index < -0.39 is 89.6 Å². The number of nitrogens with zero attached hydrogens (tertiary/aromatic N) is 5. The van der Waals surface area contributed by atoms with E-state index in [0.29, 0.717) is 21.3 Å². The van der Waals surface area contributed by atoms with Crippen LogP contribution in [-0.4, -0.2) is 66.1 Å². The van der Waals surface area contributed by atoms with Crippen molar-refractivity contribution in [3.63, 3.8) is 0 Å². The van der Waals surface area contributed by atoms with Crippen molar-refractivity contribution < 1.29 is 63.7 Å². The van der Waals surface area contributed by atoms with Crippen LogP contribution in [0, 0.1) is 13.8 Å². The summed E-state index contributed by atoms with van der Waals surface area (Å²) in [6.07, 6.45) is -10.9. The summed E-state index contributed by atoms with van der Waals surface area (Å²) in [7, 11) is 0. The summed E-state index contributed by atoms with van der Waals surface area (Å²) in [5.41, 5.74) is -6.44. The van der Waals surface area contributed by atoms with Gasteiger partial charge in [0.1, 0.15) is 21.5 Å². The Labute approximate surface area is 429 Å². The summed E-state index contributed by atoms with van der Waals surface area (Å²) >= 11 is 3.28. The van der Waals surface area contributed by atoms with Gasteiger partial charge in [0.25, 0.3) is 29.1 Å². The Hall–Kier alpha value is -7.18. The van der Waals surface area contributed by atoms with Crippen LogP contribution in [0.2, 0.25) is 0 Å². The van der Waals surface area contributed by atoms with Gasteiger partial charge in [-0.2, -0.15) is 26.3 Å². The van der Waals surface area contributed by atoms with E-state index in [1.807, 2.05) is 0 Å². The van der Waals surface area contributed by atoms with E-state index in [-0.39, 0.29) is 40.8 Å². The van der Waals surface area contributed by atoms with Crippen LogP contribution in [0.1, 0.15) is 88.4 Å². The molecular weight excluding hydrogens is 1050 g/mol. The highest BCUT2D eigenvalue weighted by atomic mass is 79.9. The Kier molecular flexibility index (Phi) is 18.2. The molecule has 0 fully saturated rings. The van der Waals surface area contributed by atoms with Gasteiger partial charge in [-0.25, -0.2) is 14.6 Å². The third kappa shape index (κ3) is 14.5. The SMILES string of the molecule is C=CC[C@@](OCc1ccccc1)(c1nnc(-c2[nH]c(=O)c(C)cc2NC(=O)OC(C)(C)C)o1)C(F)(F)F.C=CC[C@@](OCc1ccccc1)(c1nnc(-c2nc(Br)c(C)cc2NC(=O)OC(C)(C)C)o1)C(F)(F)F. The van der Waals surface area contributed by atoms with Crippen molar-refractivity contribution in [1.82, 2.24) is 30.4 Å². The number of hydrogen-bond donors (Lipinski definition) is 3. The molecule has 24 heteroatoms. The molecule has 0 aliphatic rings. The van der Waals surface area contributed by atoms with E-state index in [1.54, 1.807) is 115 Å². The molecular formula is C50H53BrF6N8O9. The molecule has 6 rings (SSSR count). The molecule has 0 aliphatic carbocycles. The highest BCUT2D eigenvalue weighted by Crippen LogP contribution is 2.48. The van der Waals surface area contributed by atoms with E-state index in [1.165, 1.54) is 13.0 Å². The average Bonchev–Trinajstić information content (AvgIpc) is 4.00. The molecule has 74 heavy (non-hydrogen) atoms. The molecule has 0 radical (unpaired) electrons. The first-order chi connectivity index (χ1) is 34.5. The van der Waals surface area contributed by atoms with Crippen LogP contribution < -0.4 is 16.2 Å². The summed E-state index contributed by atoms with van der Waals surface area (Å²) in [4.78, 5) is 43.8. The summed E-state index contributed by atoms with van der Waals surface area (Å²) in [6.45, 7) is 19.3. The standard InChI is InChI=1S/C25H26BrF3N4O4.C25H27F3N4O5/c1-6-12-24(25(27,28)29,35-14-16-10-8-7-9-11-16)21-33-32-20(36-21)18-17(13-15(2)19(26)31-18)30-22(34)37-23(3,4)5;1-6-12-24(25(26,27)28,35-14-16-10-8-7-9-11-16)21-32-31-20(36-21)18-17(13-15(2)19(33)30-18)29-22(34)37-23(3,4)5/h6-11,13H,1,12,14H2,2-5H3,(H,30,34);6-11,13H,1,12,14H2,2-5H3,(H,29,34)(H,30,33)/t2*24-/m11/s1. The predicted octanol–water partition coefficient (Wildman–Crippen LogP) is 12.7. The molecule has 0 saturated heterocycles. The van der Waals surface area contributed by atoms with Gasteiger partial charge in [0.05, 0.1) is 24.6 Å². The lowest BCUT2D eigenvalue weighted by Crippen LogP contribution is -2.45. The zero-order valence-corrected chi connectivity index (χ0v) is 43.0. The molecule has 2 amide bonds. The lowest BCUT2D eigenvalue weighted by Gasteiger charge is -2.31. The maximum absolute atomic E-state index is 14.5. The van der Waals surface area contributed by atoms with E-state index >= 15 is 0 Å². The number of pyridine rings is 2. The predicted molar refractivity (Wildman–Crippen MR) is 262 cm³/mol. The lowest BCUT2D eigenvalue weighted by atomic mass is 9.98. The van der Waals surface area contributed by atoms with Crippen molar-refractivity contribution in [2.24, 2.45) is 0 Å². The number of aromatic amines is 1. The number of nitrogens with one attached hydrogen (secondary N) is 3. The van der Waals surface area contributed by atoms with Gasteiger partial charge in [0.15, 0.2) is 5.69 Å². The van der Waals surface area contributed by atoms with Crippen LogP contribution in [0.4, 0.5) is 47.3 Å². The highest BCUT2D eigenvalue weighted by Gasteiger charge is 2.62. The minimum absolute atomic E-state index is 0.00640. The first-order valence-electron chi connectivity index (χ1n) is 22.3. The van der Waals surface area contributed by atoms with Crippen molar-refractivity contribution in [3.8, 4) is 23.2 Å². The van der Waals surface area contributed by atoms with Crippen LogP contribution in [0.15, 0.2) is 116 Å². The van der Waals surface area contributed by atoms with Gasteiger partial charge in [0, 0.05) is 18.4 Å². The topological polar surface area (TPSA) is 219 Å². The summed E-state index contributed by atoms with van der Waals surface area (Å²) < 4.78 is 120. The van der Waals surface area contributed by atoms with Crippen LogP contribution >= 0.6 is 15.9 Å². The maximum atomic E-state index is 14.5. The Morgan fingerprint density at radius 2 is 1.08 bits per heavy atom. The zero-order chi connectivity index (χ0) is 54.9. The van der Waals surface area contributed by atoms with Gasteiger partial charge in [-0.3, -0.25) is 15.4 Å². The molecule has 17 nitrogen and oxygen atoms in total. The molecule has 4 aromatic heterocycles. The number of aromatic nitrogens is 6. The van der Waals surface area contributed by atoms with Gasteiger partial charge >= 0.3 is 24.5 Å². The summed E-state index contributed by atoms with van der Waals surface area (Å²) in [5.74, 6) is -2.55. The maximum Gasteiger partial charge on any atom is 0.426 e. The van der Waals surface area contributed by atoms with Crippen molar-refractivity contribution in [2.75, 3.05) is 10.6 Å². The number of carbonyl (C=O) groups excluding carboxylic acids is 2. The summed E-state index contributed by atoms with van der Waals surface area (Å²) in [5, 5.41) is 19.8. The number of ether oxygens (including phenoxy) is 4.